The van der Waals surface area contributed by atoms with Crippen LogP contribution in [0.2, 0.25) is 0 Å². The zero-order chi connectivity index (χ0) is 20.1. The second-order valence-electron chi connectivity index (χ2n) is 6.07. The molecule has 7 nitrogen and oxygen atoms in total. The monoisotopic (exact) mass is 488 g/mol. The summed E-state index contributed by atoms with van der Waals surface area (Å²) in [5.74, 6) is -0.408. The van der Waals surface area contributed by atoms with Gasteiger partial charge in [-0.25, -0.2) is 0 Å². The number of aromatic nitrogens is 1. The number of nitro groups is 1. The number of nitrogens with one attached hydrogen (secondary N) is 2. The molecule has 3 aromatic rings. The highest BCUT2D eigenvalue weighted by molar-refractivity contribution is 14.1. The van der Waals surface area contributed by atoms with E-state index in [0.29, 0.717) is 11.4 Å². The normalized spacial score (nSPS) is 11.5. The third-order valence-electron chi connectivity index (χ3n) is 4.04. The number of carbonyl (C=O) groups excluding carboxylic acids is 1. The van der Waals surface area contributed by atoms with Gasteiger partial charge < -0.3 is 10.6 Å². The molecule has 2 N–H and O–H groups in total. The van der Waals surface area contributed by atoms with Crippen molar-refractivity contribution >= 4 is 45.6 Å². The van der Waals surface area contributed by atoms with E-state index in [4.69, 9.17) is 0 Å². The van der Waals surface area contributed by atoms with Crippen molar-refractivity contribution in [3.8, 4) is 0 Å². The number of carbonyl (C=O) groups is 1. The topological polar surface area (TPSA) is 97.2 Å². The summed E-state index contributed by atoms with van der Waals surface area (Å²) in [7, 11) is 0. The highest BCUT2D eigenvalue weighted by atomic mass is 127. The molecule has 0 aliphatic carbocycles. The summed E-state index contributed by atoms with van der Waals surface area (Å²) >= 11 is 2.15. The van der Waals surface area contributed by atoms with E-state index < -0.39 is 10.8 Å². The number of nitro benzene ring substituents is 1. The summed E-state index contributed by atoms with van der Waals surface area (Å²) in [6.07, 6.45) is 1.67. The molecule has 1 unspecified atom stereocenters. The fourth-order valence-electron chi connectivity index (χ4n) is 2.65. The average molecular weight is 488 g/mol. The molecule has 1 amide bonds. The lowest BCUT2D eigenvalue weighted by atomic mass is 10.1. The predicted octanol–water partition coefficient (Wildman–Crippen LogP) is 5.02. The standard InChI is InChI=1S/C20H17IN4O3/c1-13(17-7-2-3-10-22-17)23-18-9-8-14(11-19(18)25(27)28)20(26)24-16-6-4-5-15(21)12-16/h2-13,23H,1H3,(H,24,26). The Kier molecular flexibility index (Phi) is 6.19. The first-order valence-corrected chi connectivity index (χ1v) is 9.55. The fourth-order valence-corrected chi connectivity index (χ4v) is 3.20. The summed E-state index contributed by atoms with van der Waals surface area (Å²) in [6.45, 7) is 1.86. The van der Waals surface area contributed by atoms with E-state index >= 15 is 0 Å². The number of hydrogen-bond acceptors (Lipinski definition) is 5. The van der Waals surface area contributed by atoms with Gasteiger partial charge in [-0.1, -0.05) is 12.1 Å². The molecule has 1 aromatic heterocycles. The van der Waals surface area contributed by atoms with Crippen molar-refractivity contribution in [1.82, 2.24) is 4.98 Å². The molecule has 8 heteroatoms. The lowest BCUT2D eigenvalue weighted by Gasteiger charge is -2.15. The Balaban J connectivity index is 1.82. The smallest absolute Gasteiger partial charge is 0.293 e. The SMILES string of the molecule is CC(Nc1ccc(C(=O)Nc2cccc(I)c2)cc1[N+](=O)[O-])c1ccccn1. The molecule has 1 atom stereocenters. The molecule has 0 aliphatic heterocycles. The van der Waals surface area contributed by atoms with Crippen LogP contribution in [0.3, 0.4) is 0 Å². The van der Waals surface area contributed by atoms with Crippen LogP contribution >= 0.6 is 22.6 Å². The highest BCUT2D eigenvalue weighted by Gasteiger charge is 2.19. The first-order valence-electron chi connectivity index (χ1n) is 8.47. The Morgan fingerprint density at radius 2 is 1.96 bits per heavy atom. The number of pyridine rings is 1. The Morgan fingerprint density at radius 3 is 2.64 bits per heavy atom. The van der Waals surface area contributed by atoms with Crippen LogP contribution in [0, 0.1) is 13.7 Å². The van der Waals surface area contributed by atoms with Gasteiger partial charge in [-0.2, -0.15) is 0 Å². The number of rotatable bonds is 6. The molecule has 3 rings (SSSR count). The van der Waals surface area contributed by atoms with Crippen LogP contribution in [0.25, 0.3) is 0 Å². The van der Waals surface area contributed by atoms with Crippen molar-refractivity contribution in [2.75, 3.05) is 10.6 Å². The zero-order valence-corrected chi connectivity index (χ0v) is 17.1. The number of hydrogen-bond donors (Lipinski definition) is 2. The van der Waals surface area contributed by atoms with Crippen molar-refractivity contribution < 1.29 is 9.72 Å². The van der Waals surface area contributed by atoms with Gasteiger partial charge in [0, 0.05) is 27.1 Å². The summed E-state index contributed by atoms with van der Waals surface area (Å²) in [6, 6.07) is 17.0. The zero-order valence-electron chi connectivity index (χ0n) is 14.9. The third kappa shape index (κ3) is 4.83. The maximum atomic E-state index is 12.5. The van der Waals surface area contributed by atoms with Gasteiger partial charge in [0.15, 0.2) is 0 Å². The number of anilines is 2. The average Bonchev–Trinajstić information content (AvgIpc) is 2.68. The molecular weight excluding hydrogens is 471 g/mol. The molecule has 0 saturated heterocycles. The van der Waals surface area contributed by atoms with Crippen LogP contribution in [-0.4, -0.2) is 15.8 Å². The Labute approximate surface area is 175 Å². The highest BCUT2D eigenvalue weighted by Crippen LogP contribution is 2.29. The molecule has 0 fully saturated rings. The lowest BCUT2D eigenvalue weighted by molar-refractivity contribution is -0.384. The van der Waals surface area contributed by atoms with E-state index in [2.05, 4.69) is 38.2 Å². The first-order chi connectivity index (χ1) is 13.4. The maximum absolute atomic E-state index is 12.5. The predicted molar refractivity (Wildman–Crippen MR) is 116 cm³/mol. The summed E-state index contributed by atoms with van der Waals surface area (Å²) < 4.78 is 0.976. The quantitative estimate of drug-likeness (QED) is 0.289. The van der Waals surface area contributed by atoms with Crippen LogP contribution < -0.4 is 10.6 Å². The van der Waals surface area contributed by atoms with E-state index in [1.807, 2.05) is 37.3 Å². The van der Waals surface area contributed by atoms with Gasteiger partial charge in [-0.05, 0) is 72.0 Å². The van der Waals surface area contributed by atoms with Gasteiger partial charge >= 0.3 is 0 Å². The van der Waals surface area contributed by atoms with Crippen LogP contribution in [0.4, 0.5) is 17.1 Å². The second-order valence-corrected chi connectivity index (χ2v) is 7.32. The van der Waals surface area contributed by atoms with Gasteiger partial charge in [0.2, 0.25) is 0 Å². The number of benzene rings is 2. The van der Waals surface area contributed by atoms with E-state index in [-0.39, 0.29) is 17.3 Å². The van der Waals surface area contributed by atoms with Crippen molar-refractivity contribution in [1.29, 1.82) is 0 Å². The van der Waals surface area contributed by atoms with Gasteiger partial charge in [0.05, 0.1) is 16.7 Å². The van der Waals surface area contributed by atoms with Crippen molar-refractivity contribution in [3.63, 3.8) is 0 Å². The van der Waals surface area contributed by atoms with Crippen LogP contribution in [0.1, 0.15) is 29.0 Å². The number of halogens is 1. The molecule has 0 saturated carbocycles. The Bertz CT molecular complexity index is 1010. The number of amides is 1. The molecule has 0 radical (unpaired) electrons. The summed E-state index contributed by atoms with van der Waals surface area (Å²) in [5, 5.41) is 17.4. The molecule has 28 heavy (non-hydrogen) atoms. The molecule has 0 spiro atoms. The second kappa shape index (κ2) is 8.79. The molecule has 2 aromatic carbocycles. The minimum atomic E-state index is -0.504. The fraction of sp³-hybridized carbons (Fsp3) is 0.100. The molecule has 0 bridgehead atoms. The molecule has 142 valence electrons. The van der Waals surface area contributed by atoms with Crippen LogP contribution in [0.5, 0.6) is 0 Å². The molecular formula is C20H17IN4O3. The third-order valence-corrected chi connectivity index (χ3v) is 4.71. The first kappa shape index (κ1) is 19.7. The van der Waals surface area contributed by atoms with Gasteiger partial charge in [-0.15, -0.1) is 0 Å². The minimum Gasteiger partial charge on any atom is -0.371 e. The lowest BCUT2D eigenvalue weighted by Crippen LogP contribution is -2.14. The van der Waals surface area contributed by atoms with Crippen LogP contribution in [-0.2, 0) is 0 Å². The molecule has 1 heterocycles. The van der Waals surface area contributed by atoms with Crippen LogP contribution in [0.15, 0.2) is 66.9 Å². The van der Waals surface area contributed by atoms with E-state index in [1.165, 1.54) is 6.07 Å². The maximum Gasteiger partial charge on any atom is 0.293 e. The van der Waals surface area contributed by atoms with Gasteiger partial charge in [-0.3, -0.25) is 19.9 Å². The summed E-state index contributed by atoms with van der Waals surface area (Å²) in [4.78, 5) is 27.8. The van der Waals surface area contributed by atoms with Gasteiger partial charge in [0.1, 0.15) is 5.69 Å². The number of nitrogens with zero attached hydrogens (tertiary/aromatic N) is 2. The molecule has 0 aliphatic rings. The van der Waals surface area contributed by atoms with Crippen molar-refractivity contribution in [3.05, 3.63) is 91.8 Å². The van der Waals surface area contributed by atoms with E-state index in [1.54, 1.807) is 30.5 Å². The van der Waals surface area contributed by atoms with E-state index in [9.17, 15) is 14.9 Å². The van der Waals surface area contributed by atoms with Crippen molar-refractivity contribution in [2.45, 2.75) is 13.0 Å². The Hall–Kier alpha value is -3.01. The minimum absolute atomic E-state index is 0.168. The summed E-state index contributed by atoms with van der Waals surface area (Å²) in [5.41, 5.74) is 1.76. The van der Waals surface area contributed by atoms with Gasteiger partial charge in [0.25, 0.3) is 11.6 Å². The van der Waals surface area contributed by atoms with Crippen molar-refractivity contribution in [2.24, 2.45) is 0 Å². The van der Waals surface area contributed by atoms with E-state index in [0.717, 1.165) is 9.26 Å². The largest absolute Gasteiger partial charge is 0.371 e. The Morgan fingerprint density at radius 1 is 1.14 bits per heavy atom.